The molecule has 1 aromatic rings. The van der Waals surface area contributed by atoms with Crippen LogP contribution in [0.1, 0.15) is 26.3 Å². The first-order valence-corrected chi connectivity index (χ1v) is 8.64. The number of carbonyl (C=O) groups is 3. The number of esters is 2. The Morgan fingerprint density at radius 2 is 1.79 bits per heavy atom. The number of rotatable bonds is 4. The van der Waals surface area contributed by atoms with Crippen molar-refractivity contribution in [3.8, 4) is 0 Å². The van der Waals surface area contributed by atoms with Gasteiger partial charge in [0, 0.05) is 11.3 Å². The van der Waals surface area contributed by atoms with Gasteiger partial charge in [-0.25, -0.2) is 14.0 Å². The minimum atomic E-state index is -1.98. The first-order chi connectivity index (χ1) is 13.3. The predicted molar refractivity (Wildman–Crippen MR) is 95.0 cm³/mol. The molecule has 1 unspecified atom stereocenters. The Kier molecular flexibility index (Phi) is 4.84. The van der Waals surface area contributed by atoms with E-state index in [1.807, 2.05) is 0 Å². The number of ether oxygens (including phenoxy) is 3. The number of hydrogen-bond acceptors (Lipinski definition) is 7. The van der Waals surface area contributed by atoms with E-state index in [0.717, 1.165) is 12.1 Å². The summed E-state index contributed by atoms with van der Waals surface area (Å²) in [4.78, 5) is 38.8. The standard InChI is InChI=1S/C19H19FN2O6/c1-4-26-16(23)13-9(3)28-15(21)14(17(24)27-5-2)19(13)11-7-6-10(20)8-12(11)22-18(19)25/h6-8H,4-5,21H2,1-3H3,(H,22,25). The lowest BCUT2D eigenvalue weighted by atomic mass is 9.67. The molecule has 0 aromatic heterocycles. The zero-order valence-corrected chi connectivity index (χ0v) is 15.6. The fourth-order valence-electron chi connectivity index (χ4n) is 3.58. The minimum Gasteiger partial charge on any atom is -0.462 e. The molecule has 8 nitrogen and oxygen atoms in total. The Hall–Kier alpha value is -3.36. The zero-order valence-electron chi connectivity index (χ0n) is 15.6. The molecule has 0 saturated heterocycles. The van der Waals surface area contributed by atoms with Crippen molar-refractivity contribution in [3.05, 3.63) is 52.4 Å². The second kappa shape index (κ2) is 6.99. The van der Waals surface area contributed by atoms with E-state index in [4.69, 9.17) is 19.9 Å². The smallest absolute Gasteiger partial charge is 0.341 e. The van der Waals surface area contributed by atoms with E-state index in [-0.39, 0.29) is 47.3 Å². The van der Waals surface area contributed by atoms with Crippen LogP contribution in [0.4, 0.5) is 10.1 Å². The summed E-state index contributed by atoms with van der Waals surface area (Å²) in [5, 5.41) is 2.52. The largest absolute Gasteiger partial charge is 0.462 e. The normalized spacial score (nSPS) is 20.6. The molecule has 0 saturated carbocycles. The van der Waals surface area contributed by atoms with Gasteiger partial charge in [-0.3, -0.25) is 4.79 Å². The van der Waals surface area contributed by atoms with Crippen LogP contribution < -0.4 is 11.1 Å². The summed E-state index contributed by atoms with van der Waals surface area (Å²) in [6.45, 7) is 4.63. The number of benzene rings is 1. The van der Waals surface area contributed by atoms with Crippen molar-refractivity contribution in [3.63, 3.8) is 0 Å². The molecule has 1 spiro atoms. The van der Waals surface area contributed by atoms with Crippen LogP contribution in [0.25, 0.3) is 0 Å². The van der Waals surface area contributed by atoms with Crippen molar-refractivity contribution in [1.29, 1.82) is 0 Å². The fourth-order valence-corrected chi connectivity index (χ4v) is 3.58. The zero-order chi connectivity index (χ0) is 20.6. The molecule has 9 heteroatoms. The van der Waals surface area contributed by atoms with E-state index in [2.05, 4.69) is 5.32 Å². The Balaban J connectivity index is 2.38. The predicted octanol–water partition coefficient (Wildman–Crippen LogP) is 1.62. The van der Waals surface area contributed by atoms with E-state index in [0.29, 0.717) is 0 Å². The van der Waals surface area contributed by atoms with Gasteiger partial charge in [-0.1, -0.05) is 6.07 Å². The van der Waals surface area contributed by atoms with Crippen LogP contribution >= 0.6 is 0 Å². The molecule has 1 aromatic carbocycles. The van der Waals surface area contributed by atoms with Gasteiger partial charge in [0.15, 0.2) is 0 Å². The highest BCUT2D eigenvalue weighted by Gasteiger charge is 2.61. The average Bonchev–Trinajstić information content (AvgIpc) is 2.86. The van der Waals surface area contributed by atoms with Crippen molar-refractivity contribution in [2.45, 2.75) is 26.2 Å². The average molecular weight is 390 g/mol. The fraction of sp³-hybridized carbons (Fsp3) is 0.316. The molecule has 1 amide bonds. The maximum Gasteiger partial charge on any atom is 0.341 e. The highest BCUT2D eigenvalue weighted by molar-refractivity contribution is 6.21. The van der Waals surface area contributed by atoms with Crippen LogP contribution in [0, 0.1) is 5.82 Å². The van der Waals surface area contributed by atoms with Gasteiger partial charge in [0.05, 0.1) is 13.2 Å². The third-order valence-corrected chi connectivity index (χ3v) is 4.55. The molecule has 2 heterocycles. The number of halogens is 1. The van der Waals surface area contributed by atoms with Gasteiger partial charge in [0.2, 0.25) is 11.8 Å². The highest BCUT2D eigenvalue weighted by atomic mass is 19.1. The lowest BCUT2D eigenvalue weighted by Gasteiger charge is -2.35. The van der Waals surface area contributed by atoms with Crippen molar-refractivity contribution >= 4 is 23.5 Å². The van der Waals surface area contributed by atoms with Crippen LogP contribution in [0.2, 0.25) is 0 Å². The SMILES string of the molecule is CCOC(=O)C1=C(C)OC(N)=C(C(=O)OCC)C12C(=O)Nc1cc(F)ccc12. The topological polar surface area (TPSA) is 117 Å². The summed E-state index contributed by atoms with van der Waals surface area (Å²) in [5.41, 5.74) is 3.69. The lowest BCUT2D eigenvalue weighted by molar-refractivity contribution is -0.143. The van der Waals surface area contributed by atoms with Gasteiger partial charge in [0.1, 0.15) is 28.1 Å². The van der Waals surface area contributed by atoms with E-state index < -0.39 is 29.1 Å². The van der Waals surface area contributed by atoms with Crippen molar-refractivity contribution < 1.29 is 33.0 Å². The molecule has 1 atom stereocenters. The van der Waals surface area contributed by atoms with Crippen molar-refractivity contribution in [1.82, 2.24) is 0 Å². The lowest BCUT2D eigenvalue weighted by Crippen LogP contribution is -2.48. The summed E-state index contributed by atoms with van der Waals surface area (Å²) < 4.78 is 29.3. The number of anilines is 1. The van der Waals surface area contributed by atoms with Gasteiger partial charge in [0.25, 0.3) is 0 Å². The second-order valence-electron chi connectivity index (χ2n) is 6.11. The van der Waals surface area contributed by atoms with Gasteiger partial charge < -0.3 is 25.3 Å². The highest BCUT2D eigenvalue weighted by Crippen LogP contribution is 2.52. The molecule has 0 bridgehead atoms. The number of amides is 1. The third kappa shape index (κ3) is 2.62. The first-order valence-electron chi connectivity index (χ1n) is 8.64. The second-order valence-corrected chi connectivity index (χ2v) is 6.11. The molecule has 0 aliphatic carbocycles. The van der Waals surface area contributed by atoms with E-state index in [1.54, 1.807) is 13.8 Å². The Bertz CT molecular complexity index is 910. The summed E-state index contributed by atoms with van der Waals surface area (Å²) in [7, 11) is 0. The molecule has 3 rings (SSSR count). The third-order valence-electron chi connectivity index (χ3n) is 4.55. The molecular formula is C19H19FN2O6. The summed E-state index contributed by atoms with van der Waals surface area (Å²) in [6.07, 6.45) is 0. The molecule has 28 heavy (non-hydrogen) atoms. The van der Waals surface area contributed by atoms with Crippen molar-refractivity contribution in [2.24, 2.45) is 5.73 Å². The van der Waals surface area contributed by atoms with Gasteiger partial charge in [-0.15, -0.1) is 0 Å². The Labute approximate surface area is 160 Å². The van der Waals surface area contributed by atoms with Gasteiger partial charge in [-0.05, 0) is 32.9 Å². The maximum atomic E-state index is 13.7. The monoisotopic (exact) mass is 390 g/mol. The number of nitrogens with one attached hydrogen (secondary N) is 1. The number of hydrogen-bond donors (Lipinski definition) is 2. The minimum absolute atomic E-state index is 0.00102. The molecule has 148 valence electrons. The summed E-state index contributed by atoms with van der Waals surface area (Å²) in [5.74, 6) is -3.53. The molecule has 0 radical (unpaired) electrons. The molecule has 0 fully saturated rings. The first kappa shape index (κ1) is 19.4. The van der Waals surface area contributed by atoms with Gasteiger partial charge >= 0.3 is 11.9 Å². The van der Waals surface area contributed by atoms with E-state index >= 15 is 0 Å². The molecule has 2 aliphatic rings. The summed E-state index contributed by atoms with van der Waals surface area (Å²) >= 11 is 0. The van der Waals surface area contributed by atoms with Crippen LogP contribution in [0.3, 0.4) is 0 Å². The maximum absolute atomic E-state index is 13.7. The van der Waals surface area contributed by atoms with Crippen LogP contribution in [0.15, 0.2) is 41.0 Å². The van der Waals surface area contributed by atoms with Crippen LogP contribution in [-0.2, 0) is 34.0 Å². The number of nitrogens with two attached hydrogens (primary N) is 1. The molecule has 3 N–H and O–H groups in total. The van der Waals surface area contributed by atoms with E-state index in [9.17, 15) is 18.8 Å². The number of fused-ring (bicyclic) bond motifs is 2. The quantitative estimate of drug-likeness (QED) is 0.750. The number of allylic oxidation sites excluding steroid dienone is 1. The van der Waals surface area contributed by atoms with Crippen LogP contribution in [-0.4, -0.2) is 31.1 Å². The van der Waals surface area contributed by atoms with Gasteiger partial charge in [-0.2, -0.15) is 0 Å². The molecule has 2 aliphatic heterocycles. The summed E-state index contributed by atoms with van der Waals surface area (Å²) in [6, 6.07) is 3.52. The Morgan fingerprint density at radius 1 is 1.18 bits per heavy atom. The van der Waals surface area contributed by atoms with Crippen LogP contribution in [0.5, 0.6) is 0 Å². The number of carbonyl (C=O) groups excluding carboxylic acids is 3. The van der Waals surface area contributed by atoms with E-state index in [1.165, 1.54) is 13.0 Å². The van der Waals surface area contributed by atoms with Crippen molar-refractivity contribution in [2.75, 3.05) is 18.5 Å². The Morgan fingerprint density at radius 3 is 2.39 bits per heavy atom. The molecular weight excluding hydrogens is 371 g/mol.